The van der Waals surface area contributed by atoms with Crippen LogP contribution < -0.4 is 45.8 Å². The molecule has 0 unspecified atom stereocenters. The fourth-order valence-corrected chi connectivity index (χ4v) is 4.09. The summed E-state index contributed by atoms with van der Waals surface area (Å²) < 4.78 is 4.71. The van der Waals surface area contributed by atoms with Crippen molar-refractivity contribution in [3.8, 4) is 6.07 Å². The molecule has 1 aromatic carbocycles. The molecule has 0 aliphatic heterocycles. The van der Waals surface area contributed by atoms with Crippen LogP contribution in [0.1, 0.15) is 38.2 Å². The van der Waals surface area contributed by atoms with E-state index in [2.05, 4.69) is 23.0 Å². The molecule has 3 heterocycles. The number of aryl methyl sites for hydroxylation is 2. The van der Waals surface area contributed by atoms with E-state index in [0.29, 0.717) is 25.1 Å². The quantitative estimate of drug-likeness (QED) is 0.214. The first-order chi connectivity index (χ1) is 15.0. The first-order valence-corrected chi connectivity index (χ1v) is 10.7. The van der Waals surface area contributed by atoms with Gasteiger partial charge in [0.2, 0.25) is 0 Å². The van der Waals surface area contributed by atoms with Crippen LogP contribution in [-0.4, -0.2) is 18.7 Å². The number of nitriles is 1. The number of fused-ring (bicyclic) bond motifs is 2. The number of nitrogens with zero attached hydrogens (tertiary/aromatic N) is 6. The Morgan fingerprint density at radius 2 is 1.84 bits per heavy atom. The Balaban J connectivity index is 0.00000289. The van der Waals surface area contributed by atoms with Gasteiger partial charge in [0.15, 0.2) is 0 Å². The van der Waals surface area contributed by atoms with Crippen molar-refractivity contribution in [2.24, 2.45) is 0 Å². The van der Waals surface area contributed by atoms with Gasteiger partial charge in [-0.3, -0.25) is 13.9 Å². The molecule has 0 aliphatic rings. The molecule has 0 fully saturated rings. The van der Waals surface area contributed by atoms with Gasteiger partial charge in [0.25, 0.3) is 5.56 Å². The van der Waals surface area contributed by atoms with Crippen LogP contribution in [0, 0.1) is 11.3 Å². The Morgan fingerprint density at radius 3 is 2.59 bits per heavy atom. The first kappa shape index (κ1) is 24.3. The predicted molar refractivity (Wildman–Crippen MR) is 119 cm³/mol. The molecule has 0 atom stereocenters. The summed E-state index contributed by atoms with van der Waals surface area (Å²) in [7, 11) is 0. The molecule has 0 amide bonds. The van der Waals surface area contributed by atoms with Crippen LogP contribution in [0.5, 0.6) is 0 Å². The summed E-state index contributed by atoms with van der Waals surface area (Å²) in [6.45, 7) is 3.35. The van der Waals surface area contributed by atoms with Gasteiger partial charge in [-0.15, -0.1) is 0 Å². The van der Waals surface area contributed by atoms with Crippen molar-refractivity contribution in [3.05, 3.63) is 62.1 Å². The van der Waals surface area contributed by atoms with E-state index >= 15 is 0 Å². The standard InChI is InChI=1S/C22H23ClN6O2.Na/c1-2-3-6-11-28-19-18(25-21(23)26-19)20(30)29(22(28)31)12-7-10-27-14-15(13-24)16-8-4-5-9-17(16)27;/h4-5,8-9,14H,2-3,6-7,10-12H2,1H3,(H,25,26,30);/q;+1/p-1. The van der Waals surface area contributed by atoms with E-state index in [1.807, 2.05) is 35.0 Å². The van der Waals surface area contributed by atoms with Crippen LogP contribution in [0.2, 0.25) is 5.28 Å². The molecule has 0 saturated carbocycles. The van der Waals surface area contributed by atoms with E-state index in [4.69, 9.17) is 11.6 Å². The summed E-state index contributed by atoms with van der Waals surface area (Å²) in [5.41, 5.74) is 1.07. The fraction of sp³-hybridized carbons (Fsp3) is 0.364. The average Bonchev–Trinajstić information content (AvgIpc) is 3.33. The zero-order valence-corrected chi connectivity index (χ0v) is 21.0. The van der Waals surface area contributed by atoms with E-state index in [1.165, 1.54) is 9.13 Å². The molecule has 0 bridgehead atoms. The van der Waals surface area contributed by atoms with Gasteiger partial charge in [0, 0.05) is 53.2 Å². The topological polar surface area (TPSA) is 99.7 Å². The van der Waals surface area contributed by atoms with Gasteiger partial charge in [-0.25, -0.2) is 4.79 Å². The third-order valence-corrected chi connectivity index (χ3v) is 5.62. The Bertz CT molecular complexity index is 1410. The molecule has 0 radical (unpaired) electrons. The van der Waals surface area contributed by atoms with E-state index in [0.717, 1.165) is 30.2 Å². The molecule has 0 saturated heterocycles. The Morgan fingerprint density at radius 1 is 1.09 bits per heavy atom. The molecule has 0 aliphatic carbocycles. The number of para-hydroxylation sites is 1. The second-order valence-electron chi connectivity index (χ2n) is 7.48. The molecule has 3 aromatic heterocycles. The third kappa shape index (κ3) is 4.57. The Hall–Kier alpha value is -2.31. The third-order valence-electron chi connectivity index (χ3n) is 5.45. The van der Waals surface area contributed by atoms with Crippen LogP contribution >= 0.6 is 11.6 Å². The van der Waals surface area contributed by atoms with Crippen molar-refractivity contribution >= 4 is 33.7 Å². The van der Waals surface area contributed by atoms with Gasteiger partial charge in [-0.05, 0) is 18.9 Å². The molecule has 8 nitrogen and oxygen atoms in total. The number of hydrogen-bond donors (Lipinski definition) is 0. The van der Waals surface area contributed by atoms with Crippen LogP contribution in [0.4, 0.5) is 0 Å². The average molecular weight is 461 g/mol. The summed E-state index contributed by atoms with van der Waals surface area (Å²) in [5, 5.41) is 10.2. The van der Waals surface area contributed by atoms with Gasteiger partial charge in [0.1, 0.15) is 6.07 Å². The Labute approximate surface area is 211 Å². The monoisotopic (exact) mass is 460 g/mol. The molecule has 0 N–H and O–H groups in total. The van der Waals surface area contributed by atoms with Crippen molar-refractivity contribution in [3.63, 3.8) is 0 Å². The second-order valence-corrected chi connectivity index (χ2v) is 7.82. The zero-order chi connectivity index (χ0) is 22.0. The van der Waals surface area contributed by atoms with Gasteiger partial charge >= 0.3 is 35.2 Å². The van der Waals surface area contributed by atoms with E-state index in [-0.39, 0.29) is 58.2 Å². The largest absolute Gasteiger partial charge is 1.00 e. The van der Waals surface area contributed by atoms with E-state index in [1.54, 1.807) is 0 Å². The van der Waals surface area contributed by atoms with E-state index < -0.39 is 5.56 Å². The molecule has 160 valence electrons. The van der Waals surface area contributed by atoms with E-state index in [9.17, 15) is 14.9 Å². The summed E-state index contributed by atoms with van der Waals surface area (Å²) in [4.78, 5) is 34.1. The van der Waals surface area contributed by atoms with Crippen LogP contribution in [-0.2, 0) is 19.6 Å². The van der Waals surface area contributed by atoms with Gasteiger partial charge in [0.05, 0.1) is 5.56 Å². The first-order valence-electron chi connectivity index (χ1n) is 10.4. The number of imidazole rings is 1. The number of unbranched alkanes of at least 4 members (excludes halogenated alkanes) is 2. The van der Waals surface area contributed by atoms with Gasteiger partial charge < -0.3 is 14.5 Å². The SMILES string of the molecule is CCCCCn1c(=O)n(CCCn2cc(C#N)c3ccccc32)c(=O)c2[n-]c(Cl)nc21.[Na+]. The second kappa shape index (κ2) is 10.5. The maximum Gasteiger partial charge on any atom is 1.00 e. The number of benzene rings is 1. The van der Waals surface area contributed by atoms with Crippen LogP contribution in [0.15, 0.2) is 40.1 Å². The van der Waals surface area contributed by atoms with Crippen molar-refractivity contribution in [1.29, 1.82) is 5.26 Å². The molecular weight excluding hydrogens is 439 g/mol. The minimum atomic E-state index is -0.471. The minimum Gasteiger partial charge on any atom is -0.420 e. The maximum atomic E-state index is 13.1. The summed E-state index contributed by atoms with van der Waals surface area (Å²) in [5.74, 6) is 0. The summed E-state index contributed by atoms with van der Waals surface area (Å²) in [6.07, 6.45) is 5.14. The molecule has 4 aromatic rings. The number of rotatable bonds is 8. The summed E-state index contributed by atoms with van der Waals surface area (Å²) in [6, 6.07) is 9.90. The predicted octanol–water partition coefficient (Wildman–Crippen LogP) is 0.280. The zero-order valence-electron chi connectivity index (χ0n) is 18.2. The fourth-order valence-electron chi connectivity index (χ4n) is 3.93. The van der Waals surface area contributed by atoms with Gasteiger partial charge in [-0.1, -0.05) is 49.6 Å². The normalized spacial score (nSPS) is 11.0. The molecule has 4 rings (SSSR count). The van der Waals surface area contributed by atoms with Gasteiger partial charge in [-0.2, -0.15) is 5.26 Å². The number of aromatic nitrogens is 5. The molecule has 32 heavy (non-hydrogen) atoms. The van der Waals surface area contributed by atoms with Crippen molar-refractivity contribution in [2.75, 3.05) is 0 Å². The van der Waals surface area contributed by atoms with Crippen LogP contribution in [0.25, 0.3) is 22.1 Å². The number of halogens is 1. The maximum absolute atomic E-state index is 13.1. The van der Waals surface area contributed by atoms with Crippen molar-refractivity contribution in [2.45, 2.75) is 52.2 Å². The van der Waals surface area contributed by atoms with Crippen LogP contribution in [0.3, 0.4) is 0 Å². The number of hydrogen-bond acceptors (Lipinski definition) is 4. The minimum absolute atomic E-state index is 0. The molecule has 0 spiro atoms. The smallest absolute Gasteiger partial charge is 0.420 e. The molecular formula is C22H22ClN6NaO2. The molecule has 10 heteroatoms. The Kier molecular flexibility index (Phi) is 8.01. The summed E-state index contributed by atoms with van der Waals surface area (Å²) >= 11 is 5.93. The van der Waals surface area contributed by atoms with Crippen molar-refractivity contribution < 1.29 is 29.6 Å². The van der Waals surface area contributed by atoms with Crippen molar-refractivity contribution in [1.82, 2.24) is 23.7 Å².